The predicted molar refractivity (Wildman–Crippen MR) is 86.2 cm³/mol. The third-order valence-electron chi connectivity index (χ3n) is 3.26. The Labute approximate surface area is 129 Å². The van der Waals surface area contributed by atoms with Crippen molar-refractivity contribution in [3.63, 3.8) is 0 Å². The van der Waals surface area contributed by atoms with Gasteiger partial charge in [-0.2, -0.15) is 5.10 Å². The fourth-order valence-electron chi connectivity index (χ4n) is 2.20. The minimum absolute atomic E-state index is 0.142. The van der Waals surface area contributed by atoms with Crippen LogP contribution in [0.15, 0.2) is 41.6 Å². The van der Waals surface area contributed by atoms with Gasteiger partial charge in [0.2, 0.25) is 0 Å². The smallest absolute Gasteiger partial charge is 0.136 e. The highest BCUT2D eigenvalue weighted by atomic mass is 32.2. The summed E-state index contributed by atoms with van der Waals surface area (Å²) < 4.78 is 15.6. The van der Waals surface area contributed by atoms with Crippen LogP contribution in [-0.2, 0) is 13.0 Å². The molecule has 2 aromatic rings. The molecule has 1 atom stereocenters. The van der Waals surface area contributed by atoms with Crippen molar-refractivity contribution in [3.8, 4) is 0 Å². The van der Waals surface area contributed by atoms with Gasteiger partial charge >= 0.3 is 0 Å². The van der Waals surface area contributed by atoms with E-state index in [4.69, 9.17) is 0 Å². The van der Waals surface area contributed by atoms with E-state index in [1.54, 1.807) is 17.8 Å². The highest BCUT2D eigenvalue weighted by molar-refractivity contribution is 7.99. The highest BCUT2D eigenvalue weighted by Gasteiger charge is 2.12. The molecule has 0 aliphatic rings. The molecule has 0 radical (unpaired) electrons. The van der Waals surface area contributed by atoms with Crippen molar-refractivity contribution in [2.75, 3.05) is 12.3 Å². The molecule has 0 aliphatic carbocycles. The summed E-state index contributed by atoms with van der Waals surface area (Å²) in [6, 6.07) is 7.25. The van der Waals surface area contributed by atoms with Crippen LogP contribution < -0.4 is 5.32 Å². The Morgan fingerprint density at radius 3 is 2.81 bits per heavy atom. The molecule has 1 aromatic carbocycles. The number of benzene rings is 1. The van der Waals surface area contributed by atoms with Crippen LogP contribution in [0, 0.1) is 5.82 Å². The Morgan fingerprint density at radius 2 is 2.14 bits per heavy atom. The van der Waals surface area contributed by atoms with E-state index < -0.39 is 0 Å². The van der Waals surface area contributed by atoms with Crippen LogP contribution in [-0.4, -0.2) is 28.1 Å². The standard InChI is InChI=1S/C16H22FN3S/c1-3-18-14(9-13-10-19-20(4-2)11-13)12-21-16-8-6-5-7-15(16)17/h5-8,10-11,14,18H,3-4,9,12H2,1-2H3. The summed E-state index contributed by atoms with van der Waals surface area (Å²) in [6.45, 7) is 5.96. The van der Waals surface area contributed by atoms with E-state index in [-0.39, 0.29) is 5.82 Å². The summed E-state index contributed by atoms with van der Waals surface area (Å²) in [5.74, 6) is 0.697. The maximum atomic E-state index is 13.6. The van der Waals surface area contributed by atoms with Gasteiger partial charge < -0.3 is 5.32 Å². The maximum absolute atomic E-state index is 13.6. The van der Waals surface area contributed by atoms with Gasteiger partial charge in [0.15, 0.2) is 0 Å². The molecule has 2 rings (SSSR count). The van der Waals surface area contributed by atoms with E-state index in [2.05, 4.69) is 30.5 Å². The van der Waals surface area contributed by atoms with Crippen molar-refractivity contribution in [3.05, 3.63) is 48.0 Å². The lowest BCUT2D eigenvalue weighted by Gasteiger charge is -2.16. The highest BCUT2D eigenvalue weighted by Crippen LogP contribution is 2.22. The van der Waals surface area contributed by atoms with Crippen molar-refractivity contribution in [1.82, 2.24) is 15.1 Å². The largest absolute Gasteiger partial charge is 0.313 e. The average molecular weight is 307 g/mol. The first-order valence-corrected chi connectivity index (χ1v) is 8.33. The third kappa shape index (κ3) is 4.86. The van der Waals surface area contributed by atoms with Gasteiger partial charge in [-0.05, 0) is 37.6 Å². The summed E-state index contributed by atoms with van der Waals surface area (Å²) in [6.07, 6.45) is 4.91. The SMILES string of the molecule is CCNC(CSc1ccccc1F)Cc1cnn(CC)c1. The first-order valence-electron chi connectivity index (χ1n) is 7.35. The van der Waals surface area contributed by atoms with Crippen LogP contribution >= 0.6 is 11.8 Å². The normalized spacial score (nSPS) is 12.5. The fourth-order valence-corrected chi connectivity index (χ4v) is 3.20. The van der Waals surface area contributed by atoms with Crippen LogP contribution in [0.3, 0.4) is 0 Å². The average Bonchev–Trinajstić information content (AvgIpc) is 2.94. The molecule has 0 spiro atoms. The topological polar surface area (TPSA) is 29.9 Å². The van der Waals surface area contributed by atoms with E-state index in [9.17, 15) is 4.39 Å². The summed E-state index contributed by atoms with van der Waals surface area (Å²) in [5, 5.41) is 7.77. The Bertz CT molecular complexity index is 556. The van der Waals surface area contributed by atoms with Crippen molar-refractivity contribution in [1.29, 1.82) is 0 Å². The molecule has 1 heterocycles. The first-order chi connectivity index (χ1) is 10.2. The Hall–Kier alpha value is -1.33. The van der Waals surface area contributed by atoms with Crippen LogP contribution in [0.25, 0.3) is 0 Å². The predicted octanol–water partition coefficient (Wildman–Crippen LogP) is 3.36. The second-order valence-electron chi connectivity index (χ2n) is 4.90. The number of nitrogens with zero attached hydrogens (tertiary/aromatic N) is 2. The van der Waals surface area contributed by atoms with Gasteiger partial charge in [-0.1, -0.05) is 19.1 Å². The van der Waals surface area contributed by atoms with Crippen molar-refractivity contribution < 1.29 is 4.39 Å². The number of hydrogen-bond acceptors (Lipinski definition) is 3. The minimum atomic E-state index is -0.142. The van der Waals surface area contributed by atoms with Gasteiger partial charge in [-0.3, -0.25) is 4.68 Å². The van der Waals surface area contributed by atoms with Crippen LogP contribution in [0.4, 0.5) is 4.39 Å². The lowest BCUT2D eigenvalue weighted by atomic mass is 10.1. The Balaban J connectivity index is 1.94. The van der Waals surface area contributed by atoms with Gasteiger partial charge in [0.05, 0.1) is 6.20 Å². The van der Waals surface area contributed by atoms with E-state index in [1.807, 2.05) is 23.0 Å². The molecule has 1 aromatic heterocycles. The van der Waals surface area contributed by atoms with Crippen molar-refractivity contribution in [2.24, 2.45) is 0 Å². The van der Waals surface area contributed by atoms with Gasteiger partial charge in [0.25, 0.3) is 0 Å². The number of aromatic nitrogens is 2. The monoisotopic (exact) mass is 307 g/mol. The molecule has 114 valence electrons. The molecule has 0 amide bonds. The zero-order chi connectivity index (χ0) is 15.1. The molecular formula is C16H22FN3S. The molecule has 0 bridgehead atoms. The number of rotatable bonds is 8. The molecule has 0 saturated carbocycles. The molecule has 1 N–H and O–H groups in total. The van der Waals surface area contributed by atoms with Crippen molar-refractivity contribution in [2.45, 2.75) is 37.8 Å². The molecule has 5 heteroatoms. The van der Waals surface area contributed by atoms with E-state index >= 15 is 0 Å². The number of hydrogen-bond donors (Lipinski definition) is 1. The summed E-state index contributed by atoms with van der Waals surface area (Å²) in [4.78, 5) is 0.713. The van der Waals surface area contributed by atoms with Gasteiger partial charge in [0, 0.05) is 29.4 Å². The van der Waals surface area contributed by atoms with E-state index in [0.29, 0.717) is 10.9 Å². The second kappa shape index (κ2) is 8.20. The van der Waals surface area contributed by atoms with Crippen molar-refractivity contribution >= 4 is 11.8 Å². The zero-order valence-corrected chi connectivity index (χ0v) is 13.4. The Morgan fingerprint density at radius 1 is 1.33 bits per heavy atom. The molecule has 0 aliphatic heterocycles. The lowest BCUT2D eigenvalue weighted by Crippen LogP contribution is -2.33. The number of nitrogens with one attached hydrogen (secondary N) is 1. The van der Waals surface area contributed by atoms with Gasteiger partial charge in [-0.15, -0.1) is 11.8 Å². The van der Waals surface area contributed by atoms with E-state index in [1.165, 1.54) is 11.6 Å². The number of halogens is 1. The van der Waals surface area contributed by atoms with Gasteiger partial charge in [-0.25, -0.2) is 4.39 Å². The minimum Gasteiger partial charge on any atom is -0.313 e. The third-order valence-corrected chi connectivity index (χ3v) is 4.47. The van der Waals surface area contributed by atoms with Crippen LogP contribution in [0.1, 0.15) is 19.4 Å². The second-order valence-corrected chi connectivity index (χ2v) is 5.97. The molecule has 21 heavy (non-hydrogen) atoms. The van der Waals surface area contributed by atoms with E-state index in [0.717, 1.165) is 25.3 Å². The molecule has 0 fully saturated rings. The van der Waals surface area contributed by atoms with Gasteiger partial charge in [0.1, 0.15) is 5.82 Å². The summed E-state index contributed by atoms with van der Waals surface area (Å²) in [5.41, 5.74) is 1.22. The zero-order valence-electron chi connectivity index (χ0n) is 12.6. The number of aryl methyl sites for hydroxylation is 1. The maximum Gasteiger partial charge on any atom is 0.136 e. The molecular weight excluding hydrogens is 285 g/mol. The quantitative estimate of drug-likeness (QED) is 0.759. The van der Waals surface area contributed by atoms with Crippen LogP contribution in [0.2, 0.25) is 0 Å². The number of thioether (sulfide) groups is 1. The molecule has 0 saturated heterocycles. The summed E-state index contributed by atoms with van der Waals surface area (Å²) >= 11 is 1.56. The molecule has 3 nitrogen and oxygen atoms in total. The Kier molecular flexibility index (Phi) is 6.26. The van der Waals surface area contributed by atoms with Crippen LogP contribution in [0.5, 0.6) is 0 Å². The molecule has 1 unspecified atom stereocenters. The summed E-state index contributed by atoms with van der Waals surface area (Å²) in [7, 11) is 0. The lowest BCUT2D eigenvalue weighted by molar-refractivity contribution is 0.570. The fraction of sp³-hybridized carbons (Fsp3) is 0.438. The first kappa shape index (κ1) is 16.0. The number of likely N-dealkylation sites (N-methyl/N-ethyl adjacent to an activating group) is 1.